The van der Waals surface area contributed by atoms with E-state index in [0.29, 0.717) is 24.8 Å². The summed E-state index contributed by atoms with van der Waals surface area (Å²) in [4.78, 5) is 24.9. The van der Waals surface area contributed by atoms with Gasteiger partial charge in [0.25, 0.3) is 0 Å². The van der Waals surface area contributed by atoms with Crippen molar-refractivity contribution in [2.75, 3.05) is 0 Å². The molecule has 0 radical (unpaired) electrons. The Morgan fingerprint density at radius 1 is 1.27 bits per heavy atom. The van der Waals surface area contributed by atoms with Crippen molar-refractivity contribution in [1.29, 1.82) is 0 Å². The Kier molecular flexibility index (Phi) is 6.14. The minimum Gasteiger partial charge on any atom is -0.461 e. The number of ether oxygens (including phenoxy) is 1. The number of allylic oxidation sites excluding steroid dienone is 4. The monoisotopic (exact) mass is 484 g/mol. The first-order valence-electron chi connectivity index (χ1n) is 12.2. The number of rotatable bonds is 4. The predicted molar refractivity (Wildman–Crippen MR) is 122 cm³/mol. The number of Topliss-reactive ketones (excluding diaryl/α,β-unsaturated/α-hetero) is 1. The van der Waals surface area contributed by atoms with Gasteiger partial charge in [0.05, 0.1) is 11.1 Å². The average molecular weight is 485 g/mol. The van der Waals surface area contributed by atoms with Gasteiger partial charge >= 0.3 is 5.97 Å². The number of fused-ring (bicyclic) bond motifs is 5. The van der Waals surface area contributed by atoms with Gasteiger partial charge in [-0.05, 0) is 55.6 Å². The maximum absolute atomic E-state index is 17.4. The number of aliphatic hydroxyl groups is 1. The van der Waals surface area contributed by atoms with E-state index in [2.05, 4.69) is 0 Å². The summed E-state index contributed by atoms with van der Waals surface area (Å²) in [6.45, 7) is 9.14. The fourth-order valence-electron chi connectivity index (χ4n) is 7.75. The van der Waals surface area contributed by atoms with Crippen molar-refractivity contribution in [1.82, 2.24) is 0 Å². The van der Waals surface area contributed by atoms with E-state index in [-0.39, 0.29) is 47.7 Å². The van der Waals surface area contributed by atoms with E-state index in [0.717, 1.165) is 0 Å². The van der Waals surface area contributed by atoms with Crippen LogP contribution >= 0.6 is 11.6 Å². The molecule has 0 unspecified atom stereocenters. The standard InChI is InChI=1S/C26H35ClF2O4/c1-6-8-14-11-25(5)20(21(27)22(14)32)17(28)10-16-15-9-13(3)23(33-19(31)7-2)24(15,4)12-18(30)26(16,25)29/h11,13,15-18,23,30H,6-10,12H2,1-5H3/t13-,15+,16+,17+,18+,23-,24+,25+,26+/m1/s1. The first-order valence-corrected chi connectivity index (χ1v) is 12.6. The second-order valence-corrected chi connectivity index (χ2v) is 11.4. The third-order valence-corrected chi connectivity index (χ3v) is 9.54. The minimum atomic E-state index is -2.18. The number of carbonyl (C=O) groups excluding carboxylic acids is 2. The molecule has 0 saturated heterocycles. The van der Waals surface area contributed by atoms with Crippen molar-refractivity contribution in [2.24, 2.45) is 28.6 Å². The molecule has 0 heterocycles. The van der Waals surface area contributed by atoms with E-state index in [4.69, 9.17) is 16.3 Å². The van der Waals surface area contributed by atoms with E-state index >= 15 is 8.78 Å². The van der Waals surface area contributed by atoms with E-state index in [1.54, 1.807) is 19.9 Å². The lowest BCUT2D eigenvalue weighted by Gasteiger charge is -2.62. The fourth-order valence-corrected chi connectivity index (χ4v) is 8.19. The number of ketones is 1. The molecule has 3 saturated carbocycles. The molecule has 0 aromatic heterocycles. The summed E-state index contributed by atoms with van der Waals surface area (Å²) in [5.41, 5.74) is -4.01. The van der Waals surface area contributed by atoms with Crippen molar-refractivity contribution >= 4 is 23.4 Å². The molecule has 7 heteroatoms. The number of alkyl halides is 2. The lowest BCUT2D eigenvalue weighted by atomic mass is 9.45. The van der Waals surface area contributed by atoms with Gasteiger partial charge in [0, 0.05) is 23.2 Å². The highest BCUT2D eigenvalue weighted by molar-refractivity contribution is 6.46. The molecule has 0 bridgehead atoms. The van der Waals surface area contributed by atoms with Gasteiger partial charge < -0.3 is 9.84 Å². The zero-order chi connectivity index (χ0) is 24.5. The van der Waals surface area contributed by atoms with E-state index in [1.807, 2.05) is 20.8 Å². The van der Waals surface area contributed by atoms with Gasteiger partial charge in [0.1, 0.15) is 12.3 Å². The molecule has 0 spiro atoms. The summed E-state index contributed by atoms with van der Waals surface area (Å²) in [6, 6.07) is 0. The third kappa shape index (κ3) is 3.22. The van der Waals surface area contributed by atoms with Gasteiger partial charge in [-0.2, -0.15) is 0 Å². The Balaban J connectivity index is 1.83. The van der Waals surface area contributed by atoms with Crippen LogP contribution in [0.3, 0.4) is 0 Å². The van der Waals surface area contributed by atoms with Gasteiger partial charge in [-0.1, -0.05) is 51.8 Å². The van der Waals surface area contributed by atoms with Gasteiger partial charge in [0.2, 0.25) is 0 Å². The molecule has 0 aromatic rings. The SMILES string of the molecule is CCCC1=C[C@@]2(C)C(=C(Cl)C1=O)[C@@H](F)C[C@H]1[C@@H]3C[C@@H](C)[C@@H](OC(=O)CC)[C@@]3(C)C[C@H](O)[C@@]12F. The van der Waals surface area contributed by atoms with Crippen LogP contribution < -0.4 is 0 Å². The molecule has 0 amide bonds. The summed E-state index contributed by atoms with van der Waals surface area (Å²) < 4.78 is 39.0. The molecule has 4 aliphatic rings. The van der Waals surface area contributed by atoms with E-state index in [1.165, 1.54) is 0 Å². The van der Waals surface area contributed by atoms with Crippen LogP contribution in [0.4, 0.5) is 8.78 Å². The lowest BCUT2D eigenvalue weighted by Crippen LogP contribution is -2.68. The smallest absolute Gasteiger partial charge is 0.305 e. The molecule has 0 aromatic carbocycles. The minimum absolute atomic E-state index is 0.0319. The van der Waals surface area contributed by atoms with Gasteiger partial charge in [-0.3, -0.25) is 9.59 Å². The van der Waals surface area contributed by atoms with Crippen molar-refractivity contribution in [3.05, 3.63) is 22.3 Å². The van der Waals surface area contributed by atoms with Crippen molar-refractivity contribution in [3.8, 4) is 0 Å². The van der Waals surface area contributed by atoms with Crippen LogP contribution in [0.15, 0.2) is 22.3 Å². The maximum atomic E-state index is 17.4. The summed E-state index contributed by atoms with van der Waals surface area (Å²) >= 11 is 6.40. The topological polar surface area (TPSA) is 63.6 Å². The highest BCUT2D eigenvalue weighted by Gasteiger charge is 2.73. The van der Waals surface area contributed by atoms with E-state index in [9.17, 15) is 14.7 Å². The molecule has 0 aliphatic heterocycles. The summed E-state index contributed by atoms with van der Waals surface area (Å²) in [7, 11) is 0. The number of esters is 1. The fraction of sp³-hybridized carbons (Fsp3) is 0.769. The molecular weight excluding hydrogens is 450 g/mol. The molecule has 3 fully saturated rings. The quantitative estimate of drug-likeness (QED) is 0.527. The molecule has 184 valence electrons. The van der Waals surface area contributed by atoms with Gasteiger partial charge in [-0.15, -0.1) is 0 Å². The van der Waals surface area contributed by atoms with E-state index < -0.39 is 46.6 Å². The van der Waals surface area contributed by atoms with Crippen LogP contribution in [0.5, 0.6) is 0 Å². The molecule has 33 heavy (non-hydrogen) atoms. The zero-order valence-electron chi connectivity index (χ0n) is 20.1. The molecule has 4 aliphatic carbocycles. The highest BCUT2D eigenvalue weighted by Crippen LogP contribution is 2.70. The molecule has 9 atom stereocenters. The van der Waals surface area contributed by atoms with Crippen molar-refractivity contribution in [3.63, 3.8) is 0 Å². The average Bonchev–Trinajstić information content (AvgIpc) is 2.98. The number of hydrogen-bond acceptors (Lipinski definition) is 4. The Morgan fingerprint density at radius 2 is 1.94 bits per heavy atom. The molecule has 4 nitrogen and oxygen atoms in total. The first-order chi connectivity index (χ1) is 15.4. The van der Waals surface area contributed by atoms with Crippen molar-refractivity contribution < 1.29 is 28.2 Å². The van der Waals surface area contributed by atoms with Gasteiger partial charge in [0.15, 0.2) is 11.5 Å². The second-order valence-electron chi connectivity index (χ2n) is 11.1. The van der Waals surface area contributed by atoms with Gasteiger partial charge in [-0.25, -0.2) is 8.78 Å². The van der Waals surface area contributed by atoms with Crippen LogP contribution in [0.25, 0.3) is 0 Å². The normalized spacial score (nSPS) is 46.9. The highest BCUT2D eigenvalue weighted by atomic mass is 35.5. The molecular formula is C26H35ClF2O4. The van der Waals surface area contributed by atoms with Crippen LogP contribution in [0, 0.1) is 28.6 Å². The van der Waals surface area contributed by atoms with Crippen LogP contribution in [0.2, 0.25) is 0 Å². The Labute approximate surface area is 199 Å². The molecule has 1 N–H and O–H groups in total. The zero-order valence-corrected chi connectivity index (χ0v) is 20.8. The Morgan fingerprint density at radius 3 is 2.55 bits per heavy atom. The number of aliphatic hydroxyl groups excluding tert-OH is 1. The van der Waals surface area contributed by atoms with Crippen molar-refractivity contribution in [2.45, 2.75) is 97.2 Å². The maximum Gasteiger partial charge on any atom is 0.305 e. The predicted octanol–water partition coefficient (Wildman–Crippen LogP) is 5.61. The van der Waals surface area contributed by atoms with Crippen LogP contribution in [0.1, 0.15) is 73.1 Å². The summed E-state index contributed by atoms with van der Waals surface area (Å²) in [5, 5.41) is 11.2. The number of carbonyl (C=O) groups is 2. The second kappa shape index (κ2) is 8.15. The van der Waals surface area contributed by atoms with Crippen LogP contribution in [-0.4, -0.2) is 40.9 Å². The third-order valence-electron chi connectivity index (χ3n) is 9.17. The molecule has 4 rings (SSSR count). The summed E-state index contributed by atoms with van der Waals surface area (Å²) in [6.07, 6.45) is -0.0564. The lowest BCUT2D eigenvalue weighted by molar-refractivity contribution is -0.212. The largest absolute Gasteiger partial charge is 0.461 e. The first kappa shape index (κ1) is 24.8. The van der Waals surface area contributed by atoms with Crippen LogP contribution in [-0.2, 0) is 14.3 Å². The Bertz CT molecular complexity index is 931. The number of halogens is 3. The Hall–Kier alpha value is -1.27. The number of hydrogen-bond donors (Lipinski definition) is 1. The summed E-state index contributed by atoms with van der Waals surface area (Å²) in [5.74, 6) is -1.86.